The summed E-state index contributed by atoms with van der Waals surface area (Å²) in [7, 11) is 0. The average molecular weight is 369 g/mol. The first-order valence-corrected chi connectivity index (χ1v) is 9.99. The molecule has 0 aromatic carbocycles. The molecule has 1 N–H and O–H groups in total. The van der Waals surface area contributed by atoms with Gasteiger partial charge >= 0.3 is 6.09 Å². The second kappa shape index (κ2) is 8.77. The number of carbonyl (C=O) groups excluding carboxylic acids is 2. The molecule has 1 saturated heterocycles. The van der Waals surface area contributed by atoms with E-state index in [9.17, 15) is 14.9 Å². The third-order valence-electron chi connectivity index (χ3n) is 4.31. The molecule has 1 saturated carbocycles. The highest BCUT2D eigenvalue weighted by atomic mass is 32.2. The number of carbonyl (C=O) groups is 2. The van der Waals surface area contributed by atoms with Crippen LogP contribution in [-0.4, -0.2) is 57.8 Å². The minimum atomic E-state index is -0.593. The largest absolute Gasteiger partial charge is 0.443 e. The zero-order chi connectivity index (χ0) is 18.4. The molecule has 8 heteroatoms. The van der Waals surface area contributed by atoms with E-state index in [0.29, 0.717) is 11.6 Å². The van der Waals surface area contributed by atoms with Gasteiger partial charge in [0.1, 0.15) is 11.6 Å². The van der Waals surface area contributed by atoms with Crippen molar-refractivity contribution < 1.29 is 14.3 Å². The van der Waals surface area contributed by atoms with E-state index >= 15 is 0 Å². The molecule has 1 heterocycles. The van der Waals surface area contributed by atoms with Crippen molar-refractivity contribution in [2.24, 2.45) is 0 Å². The molecule has 1 aliphatic heterocycles. The van der Waals surface area contributed by atoms with Gasteiger partial charge in [0.05, 0.1) is 18.5 Å². The monoisotopic (exact) mass is 368 g/mol. The van der Waals surface area contributed by atoms with Crippen molar-refractivity contribution in [1.82, 2.24) is 15.3 Å². The number of nitriles is 1. The van der Waals surface area contributed by atoms with Gasteiger partial charge in [-0.3, -0.25) is 10.2 Å². The predicted molar refractivity (Wildman–Crippen MR) is 96.5 cm³/mol. The van der Waals surface area contributed by atoms with Crippen LogP contribution in [0.5, 0.6) is 0 Å². The molecule has 0 bridgehead atoms. The molecule has 2 aliphatic rings. The second-order valence-corrected chi connectivity index (χ2v) is 8.54. The molecular formula is C17H28N4O3S. The molecular weight excluding hydrogens is 340 g/mol. The number of nitrogens with zero attached hydrogens (tertiary/aromatic N) is 3. The fraction of sp³-hybridized carbons (Fsp3) is 0.824. The molecule has 0 aromatic heterocycles. The van der Waals surface area contributed by atoms with Gasteiger partial charge in [0.25, 0.3) is 0 Å². The van der Waals surface area contributed by atoms with E-state index in [-0.39, 0.29) is 24.5 Å². The number of rotatable bonds is 4. The minimum absolute atomic E-state index is 0.0721. The smallest absolute Gasteiger partial charge is 0.422 e. The van der Waals surface area contributed by atoms with Crippen LogP contribution in [0.25, 0.3) is 0 Å². The van der Waals surface area contributed by atoms with Crippen molar-refractivity contribution in [2.45, 2.75) is 70.6 Å². The quantitative estimate of drug-likeness (QED) is 0.767. The summed E-state index contributed by atoms with van der Waals surface area (Å²) in [6.45, 7) is 5.49. The lowest BCUT2D eigenvalue weighted by Crippen LogP contribution is -2.55. The highest BCUT2D eigenvalue weighted by molar-refractivity contribution is 7.99. The van der Waals surface area contributed by atoms with Gasteiger partial charge in [-0.05, 0) is 33.6 Å². The number of hydrazine groups is 1. The lowest BCUT2D eigenvalue weighted by Gasteiger charge is -2.35. The van der Waals surface area contributed by atoms with Gasteiger partial charge in [-0.2, -0.15) is 5.26 Å². The molecule has 2 fully saturated rings. The van der Waals surface area contributed by atoms with Crippen molar-refractivity contribution >= 4 is 23.8 Å². The molecule has 7 nitrogen and oxygen atoms in total. The maximum Gasteiger partial charge on any atom is 0.422 e. The van der Waals surface area contributed by atoms with Crippen LogP contribution in [-0.2, 0) is 9.53 Å². The Labute approximate surface area is 154 Å². The molecule has 1 aliphatic carbocycles. The lowest BCUT2D eigenvalue weighted by atomic mass is 9.95. The summed E-state index contributed by atoms with van der Waals surface area (Å²) in [4.78, 5) is 26.4. The summed E-state index contributed by atoms with van der Waals surface area (Å²) >= 11 is 1.58. The normalized spacial score (nSPS) is 21.9. The van der Waals surface area contributed by atoms with Crippen LogP contribution < -0.4 is 5.43 Å². The highest BCUT2D eigenvalue weighted by Gasteiger charge is 2.33. The van der Waals surface area contributed by atoms with Crippen LogP contribution in [0.1, 0.15) is 52.9 Å². The SMILES string of the molecule is CC(C)(C)OC(=O)NN(CC(=O)N1CSCC1C#N)C1CCCCC1. The molecule has 1 atom stereocenters. The van der Waals surface area contributed by atoms with Crippen LogP contribution >= 0.6 is 11.8 Å². The Kier molecular flexibility index (Phi) is 6.96. The minimum Gasteiger partial charge on any atom is -0.443 e. The molecule has 0 spiro atoms. The lowest BCUT2D eigenvalue weighted by molar-refractivity contribution is -0.133. The number of nitrogens with one attached hydrogen (secondary N) is 1. The van der Waals surface area contributed by atoms with Crippen LogP contribution in [0.15, 0.2) is 0 Å². The molecule has 2 rings (SSSR count). The van der Waals surface area contributed by atoms with Gasteiger partial charge in [-0.1, -0.05) is 19.3 Å². The zero-order valence-corrected chi connectivity index (χ0v) is 16.1. The van der Waals surface area contributed by atoms with Crippen LogP contribution in [0, 0.1) is 11.3 Å². The maximum atomic E-state index is 12.7. The summed E-state index contributed by atoms with van der Waals surface area (Å²) in [5, 5.41) is 10.9. The fourth-order valence-electron chi connectivity index (χ4n) is 3.10. The van der Waals surface area contributed by atoms with Crippen molar-refractivity contribution in [3.05, 3.63) is 0 Å². The first kappa shape index (κ1) is 19.9. The number of hydrogen-bond donors (Lipinski definition) is 1. The molecule has 0 aromatic rings. The Morgan fingerprint density at radius 3 is 2.60 bits per heavy atom. The van der Waals surface area contributed by atoms with E-state index in [2.05, 4.69) is 11.5 Å². The third-order valence-corrected chi connectivity index (χ3v) is 5.32. The summed E-state index contributed by atoms with van der Waals surface area (Å²) in [6, 6.07) is 1.92. The summed E-state index contributed by atoms with van der Waals surface area (Å²) < 4.78 is 5.34. The Bertz CT molecular complexity index is 523. The van der Waals surface area contributed by atoms with Gasteiger partial charge in [0, 0.05) is 11.8 Å². The summed E-state index contributed by atoms with van der Waals surface area (Å²) in [5.41, 5.74) is 2.17. The topological polar surface area (TPSA) is 85.7 Å². The number of ether oxygens (including phenoxy) is 1. The van der Waals surface area contributed by atoms with Crippen LogP contribution in [0.4, 0.5) is 4.79 Å². The van der Waals surface area contributed by atoms with Gasteiger partial charge in [0.2, 0.25) is 5.91 Å². The van der Waals surface area contributed by atoms with Crippen LogP contribution in [0.3, 0.4) is 0 Å². The maximum absolute atomic E-state index is 12.7. The van der Waals surface area contributed by atoms with E-state index in [1.807, 2.05) is 20.8 Å². The number of amides is 2. The Hall–Kier alpha value is -1.46. The van der Waals surface area contributed by atoms with E-state index in [0.717, 1.165) is 25.7 Å². The highest BCUT2D eigenvalue weighted by Crippen LogP contribution is 2.24. The zero-order valence-electron chi connectivity index (χ0n) is 15.3. The number of hydrogen-bond acceptors (Lipinski definition) is 6. The average Bonchev–Trinajstić information content (AvgIpc) is 3.02. The molecule has 2 amide bonds. The standard InChI is InChI=1S/C17H28N4O3S/c1-17(2,3)24-16(23)19-21(13-7-5-4-6-8-13)10-15(22)20-12-25-11-14(20)9-18/h13-14H,4-8,10-12H2,1-3H3,(H,19,23). The molecule has 1 unspecified atom stereocenters. The van der Waals surface area contributed by atoms with E-state index in [1.54, 1.807) is 21.7 Å². The van der Waals surface area contributed by atoms with Crippen molar-refractivity contribution in [3.63, 3.8) is 0 Å². The van der Waals surface area contributed by atoms with Crippen molar-refractivity contribution in [2.75, 3.05) is 18.2 Å². The third kappa shape index (κ3) is 6.08. The first-order valence-electron chi connectivity index (χ1n) is 8.83. The predicted octanol–water partition coefficient (Wildman–Crippen LogP) is 2.49. The Morgan fingerprint density at radius 1 is 1.32 bits per heavy atom. The Morgan fingerprint density at radius 2 is 2.00 bits per heavy atom. The van der Waals surface area contributed by atoms with Gasteiger partial charge < -0.3 is 9.64 Å². The first-order chi connectivity index (χ1) is 11.8. The van der Waals surface area contributed by atoms with E-state index in [4.69, 9.17) is 4.74 Å². The summed E-state index contributed by atoms with van der Waals surface area (Å²) in [5.74, 6) is 1.05. The van der Waals surface area contributed by atoms with E-state index < -0.39 is 11.7 Å². The molecule has 0 radical (unpaired) electrons. The summed E-state index contributed by atoms with van der Waals surface area (Å²) in [6.07, 6.45) is 4.71. The Balaban J connectivity index is 2.02. The van der Waals surface area contributed by atoms with E-state index in [1.165, 1.54) is 6.42 Å². The molecule has 25 heavy (non-hydrogen) atoms. The van der Waals surface area contributed by atoms with Gasteiger partial charge in [-0.15, -0.1) is 11.8 Å². The van der Waals surface area contributed by atoms with Crippen molar-refractivity contribution in [1.29, 1.82) is 5.26 Å². The fourth-order valence-corrected chi connectivity index (χ4v) is 4.21. The molecule has 140 valence electrons. The second-order valence-electron chi connectivity index (χ2n) is 7.54. The number of thioether (sulfide) groups is 1. The van der Waals surface area contributed by atoms with Gasteiger partial charge in [-0.25, -0.2) is 9.80 Å². The van der Waals surface area contributed by atoms with Crippen LogP contribution in [0.2, 0.25) is 0 Å². The van der Waals surface area contributed by atoms with Crippen molar-refractivity contribution in [3.8, 4) is 6.07 Å². The van der Waals surface area contributed by atoms with Gasteiger partial charge in [0.15, 0.2) is 0 Å².